The van der Waals surface area contributed by atoms with Crippen LogP contribution in [0.15, 0.2) is 12.1 Å². The van der Waals surface area contributed by atoms with Gasteiger partial charge >= 0.3 is 5.97 Å². The Kier molecular flexibility index (Phi) is 4.37. The molecule has 0 amide bonds. The van der Waals surface area contributed by atoms with E-state index in [2.05, 4.69) is 0 Å². The van der Waals surface area contributed by atoms with Gasteiger partial charge in [-0.25, -0.2) is 4.79 Å². The SMILES string of the molecule is Cc1cc(C)c(OCC(=O)OC(C)C)cc1N. The number of hydrogen-bond donors (Lipinski definition) is 1. The van der Waals surface area contributed by atoms with E-state index in [0.29, 0.717) is 11.4 Å². The average molecular weight is 237 g/mol. The maximum absolute atomic E-state index is 11.3. The molecule has 0 aliphatic heterocycles. The first-order valence-electron chi connectivity index (χ1n) is 5.59. The number of benzene rings is 1. The highest BCUT2D eigenvalue weighted by Gasteiger charge is 2.09. The molecule has 1 aromatic rings. The fourth-order valence-electron chi connectivity index (χ4n) is 1.44. The lowest BCUT2D eigenvalue weighted by Gasteiger charge is -2.12. The molecule has 0 atom stereocenters. The van der Waals surface area contributed by atoms with Gasteiger partial charge in [-0.3, -0.25) is 0 Å². The second-order valence-corrected chi connectivity index (χ2v) is 4.30. The molecule has 4 heteroatoms. The lowest BCUT2D eigenvalue weighted by molar-refractivity contribution is -0.149. The van der Waals surface area contributed by atoms with Crippen molar-refractivity contribution in [3.8, 4) is 5.75 Å². The molecule has 0 saturated carbocycles. The lowest BCUT2D eigenvalue weighted by Crippen LogP contribution is -2.19. The summed E-state index contributed by atoms with van der Waals surface area (Å²) in [7, 11) is 0. The minimum atomic E-state index is -0.376. The topological polar surface area (TPSA) is 61.5 Å². The zero-order valence-corrected chi connectivity index (χ0v) is 10.7. The summed E-state index contributed by atoms with van der Waals surface area (Å²) in [6, 6.07) is 3.66. The third-order valence-electron chi connectivity index (χ3n) is 2.28. The second-order valence-electron chi connectivity index (χ2n) is 4.30. The Morgan fingerprint density at radius 2 is 1.94 bits per heavy atom. The van der Waals surface area contributed by atoms with E-state index in [1.54, 1.807) is 19.9 Å². The molecule has 0 fully saturated rings. The van der Waals surface area contributed by atoms with Crippen molar-refractivity contribution in [3.63, 3.8) is 0 Å². The van der Waals surface area contributed by atoms with Gasteiger partial charge in [0.25, 0.3) is 0 Å². The summed E-state index contributed by atoms with van der Waals surface area (Å²) in [6.07, 6.45) is -0.129. The first-order valence-corrected chi connectivity index (χ1v) is 5.59. The monoisotopic (exact) mass is 237 g/mol. The molecule has 0 aliphatic carbocycles. The molecule has 0 saturated heterocycles. The summed E-state index contributed by atoms with van der Waals surface area (Å²) >= 11 is 0. The van der Waals surface area contributed by atoms with Crippen LogP contribution in [0.3, 0.4) is 0 Å². The smallest absolute Gasteiger partial charge is 0.344 e. The number of nitrogen functional groups attached to an aromatic ring is 1. The molecular formula is C13H19NO3. The fraction of sp³-hybridized carbons (Fsp3) is 0.462. The fourth-order valence-corrected chi connectivity index (χ4v) is 1.44. The van der Waals surface area contributed by atoms with E-state index in [-0.39, 0.29) is 18.7 Å². The molecular weight excluding hydrogens is 218 g/mol. The number of carbonyl (C=O) groups is 1. The average Bonchev–Trinajstić information content (AvgIpc) is 2.20. The number of carbonyl (C=O) groups excluding carboxylic acids is 1. The van der Waals surface area contributed by atoms with Crippen LogP contribution in [-0.4, -0.2) is 18.7 Å². The van der Waals surface area contributed by atoms with Gasteiger partial charge in [0.15, 0.2) is 6.61 Å². The number of ether oxygens (including phenoxy) is 2. The van der Waals surface area contributed by atoms with Crippen molar-refractivity contribution in [2.45, 2.75) is 33.8 Å². The summed E-state index contributed by atoms with van der Waals surface area (Å²) in [5, 5.41) is 0. The predicted molar refractivity (Wildman–Crippen MR) is 67.1 cm³/mol. The van der Waals surface area contributed by atoms with E-state index >= 15 is 0 Å². The molecule has 1 aromatic carbocycles. The first kappa shape index (κ1) is 13.4. The Hall–Kier alpha value is -1.71. The van der Waals surface area contributed by atoms with Gasteiger partial charge in [-0.1, -0.05) is 6.07 Å². The number of aryl methyl sites for hydroxylation is 2. The maximum Gasteiger partial charge on any atom is 0.344 e. The van der Waals surface area contributed by atoms with E-state index in [1.807, 2.05) is 19.9 Å². The van der Waals surface area contributed by atoms with Crippen LogP contribution in [0.1, 0.15) is 25.0 Å². The van der Waals surface area contributed by atoms with Gasteiger partial charge in [-0.2, -0.15) is 0 Å². The lowest BCUT2D eigenvalue weighted by atomic mass is 10.1. The van der Waals surface area contributed by atoms with E-state index < -0.39 is 0 Å². The zero-order valence-electron chi connectivity index (χ0n) is 10.7. The van der Waals surface area contributed by atoms with Crippen LogP contribution in [0.2, 0.25) is 0 Å². The van der Waals surface area contributed by atoms with Crippen molar-refractivity contribution < 1.29 is 14.3 Å². The van der Waals surface area contributed by atoms with Crippen molar-refractivity contribution >= 4 is 11.7 Å². The highest BCUT2D eigenvalue weighted by Crippen LogP contribution is 2.24. The van der Waals surface area contributed by atoms with Gasteiger partial charge < -0.3 is 15.2 Å². The number of rotatable bonds is 4. The first-order chi connectivity index (χ1) is 7.90. The highest BCUT2D eigenvalue weighted by atomic mass is 16.6. The van der Waals surface area contributed by atoms with E-state index in [9.17, 15) is 4.79 Å². The minimum Gasteiger partial charge on any atom is -0.482 e. The Labute approximate surface area is 102 Å². The third-order valence-corrected chi connectivity index (χ3v) is 2.28. The normalized spacial score (nSPS) is 10.4. The van der Waals surface area contributed by atoms with Gasteiger partial charge in [-0.15, -0.1) is 0 Å². The zero-order chi connectivity index (χ0) is 13.0. The van der Waals surface area contributed by atoms with Crippen LogP contribution >= 0.6 is 0 Å². The molecule has 4 nitrogen and oxygen atoms in total. The Balaban J connectivity index is 2.63. The molecule has 0 radical (unpaired) electrons. The Morgan fingerprint density at radius 3 is 2.53 bits per heavy atom. The van der Waals surface area contributed by atoms with Gasteiger partial charge in [0.05, 0.1) is 6.10 Å². The number of esters is 1. The summed E-state index contributed by atoms with van der Waals surface area (Å²) in [6.45, 7) is 7.34. The summed E-state index contributed by atoms with van der Waals surface area (Å²) in [5.41, 5.74) is 8.39. The van der Waals surface area contributed by atoms with Crippen molar-refractivity contribution in [3.05, 3.63) is 23.3 Å². The molecule has 0 bridgehead atoms. The van der Waals surface area contributed by atoms with Gasteiger partial charge in [-0.05, 0) is 38.8 Å². The van der Waals surface area contributed by atoms with E-state index in [4.69, 9.17) is 15.2 Å². The molecule has 1 rings (SSSR count). The standard InChI is InChI=1S/C13H19NO3/c1-8(2)17-13(15)7-16-12-6-11(14)9(3)5-10(12)4/h5-6,8H,7,14H2,1-4H3. The molecule has 17 heavy (non-hydrogen) atoms. The molecule has 0 aliphatic rings. The highest BCUT2D eigenvalue weighted by molar-refractivity contribution is 5.71. The van der Waals surface area contributed by atoms with E-state index in [0.717, 1.165) is 11.1 Å². The largest absolute Gasteiger partial charge is 0.482 e. The van der Waals surface area contributed by atoms with Crippen LogP contribution in [-0.2, 0) is 9.53 Å². The summed E-state index contributed by atoms with van der Waals surface area (Å²) in [4.78, 5) is 11.3. The van der Waals surface area contributed by atoms with Gasteiger partial charge in [0, 0.05) is 11.8 Å². The summed E-state index contributed by atoms with van der Waals surface area (Å²) < 4.78 is 10.4. The Bertz CT molecular complexity index is 413. The molecule has 2 N–H and O–H groups in total. The predicted octanol–water partition coefficient (Wildman–Crippen LogP) is 2.22. The molecule has 0 heterocycles. The van der Waals surface area contributed by atoms with E-state index in [1.165, 1.54) is 0 Å². The Morgan fingerprint density at radius 1 is 1.29 bits per heavy atom. The van der Waals surface area contributed by atoms with Crippen molar-refractivity contribution in [2.75, 3.05) is 12.3 Å². The van der Waals surface area contributed by atoms with Crippen LogP contribution in [0.4, 0.5) is 5.69 Å². The second kappa shape index (κ2) is 5.57. The molecule has 0 aromatic heterocycles. The molecule has 0 unspecified atom stereocenters. The maximum atomic E-state index is 11.3. The van der Waals surface area contributed by atoms with Crippen molar-refractivity contribution in [1.82, 2.24) is 0 Å². The van der Waals surface area contributed by atoms with Crippen LogP contribution in [0.5, 0.6) is 5.75 Å². The molecule has 0 spiro atoms. The minimum absolute atomic E-state index is 0.0957. The number of anilines is 1. The third kappa shape index (κ3) is 3.98. The van der Waals surface area contributed by atoms with Crippen LogP contribution in [0.25, 0.3) is 0 Å². The van der Waals surface area contributed by atoms with Crippen molar-refractivity contribution in [1.29, 1.82) is 0 Å². The number of hydrogen-bond acceptors (Lipinski definition) is 4. The quantitative estimate of drug-likeness (QED) is 0.644. The van der Waals surface area contributed by atoms with Gasteiger partial charge in [0.2, 0.25) is 0 Å². The summed E-state index contributed by atoms with van der Waals surface area (Å²) in [5.74, 6) is 0.243. The van der Waals surface area contributed by atoms with Gasteiger partial charge in [0.1, 0.15) is 5.75 Å². The van der Waals surface area contributed by atoms with Crippen molar-refractivity contribution in [2.24, 2.45) is 0 Å². The van der Waals surface area contributed by atoms with Crippen LogP contribution in [0, 0.1) is 13.8 Å². The van der Waals surface area contributed by atoms with Crippen LogP contribution < -0.4 is 10.5 Å². The molecule has 94 valence electrons. The number of nitrogens with two attached hydrogens (primary N) is 1.